The molecule has 2 heteroatoms. The van der Waals surface area contributed by atoms with Crippen molar-refractivity contribution in [2.45, 2.75) is 11.6 Å². The summed E-state index contributed by atoms with van der Waals surface area (Å²) in [5, 5.41) is 0. The summed E-state index contributed by atoms with van der Waals surface area (Å²) in [5.41, 5.74) is 0. The molecule has 0 atom stereocenters. The molecular formula is C4H12SeZn. The standard InChI is InChI=1S/C2H6Se.2CH3.Zn/c1-3-2;;;/h1-2H3;2*1H3;/q;2*-1;+2. The van der Waals surface area contributed by atoms with E-state index in [4.69, 9.17) is 0 Å². The molecule has 0 amide bonds. The number of hydrogen-bond acceptors (Lipinski definition) is 0. The van der Waals surface area contributed by atoms with Gasteiger partial charge in [-0.2, -0.15) is 0 Å². The smallest absolute Gasteiger partial charge is 0.358 e. The summed E-state index contributed by atoms with van der Waals surface area (Å²) in [6, 6.07) is 0. The number of rotatable bonds is 0. The van der Waals surface area contributed by atoms with Gasteiger partial charge in [0.1, 0.15) is 0 Å². The average molecular weight is 204 g/mol. The molecule has 0 aromatic rings. The zero-order chi connectivity index (χ0) is 2.71. The number of hydrogen-bond donors (Lipinski definition) is 0. The van der Waals surface area contributed by atoms with Crippen LogP contribution in [0, 0.1) is 14.9 Å². The SMILES string of the molecule is C[Se]C.[CH3-].[CH3-].[Zn+2]. The first-order valence-corrected chi connectivity index (χ1v) is 4.24. The Labute approximate surface area is 61.0 Å². The minimum atomic E-state index is 0. The molecule has 0 unspecified atom stereocenters. The van der Waals surface area contributed by atoms with E-state index in [0.717, 1.165) is 15.0 Å². The predicted molar refractivity (Wildman–Crippen MR) is 30.3 cm³/mol. The Bertz CT molecular complexity index is 7.51. The molecule has 0 N–H and O–H groups in total. The molecular weight excluding hydrogens is 192 g/mol. The van der Waals surface area contributed by atoms with Crippen LogP contribution in [0.3, 0.4) is 0 Å². The summed E-state index contributed by atoms with van der Waals surface area (Å²) in [6.45, 7) is 0. The Kier molecular flexibility index (Phi) is 161. The molecule has 0 aliphatic carbocycles. The molecule has 0 heterocycles. The van der Waals surface area contributed by atoms with Crippen molar-refractivity contribution in [3.63, 3.8) is 0 Å². The fourth-order valence-electron chi connectivity index (χ4n) is 0. The summed E-state index contributed by atoms with van der Waals surface area (Å²) in [4.78, 5) is 0. The van der Waals surface area contributed by atoms with Crippen molar-refractivity contribution in [1.29, 1.82) is 0 Å². The predicted octanol–water partition coefficient (Wildman–Crippen LogP) is 1.68. The van der Waals surface area contributed by atoms with Gasteiger partial charge in [-0.15, -0.1) is 0 Å². The molecule has 0 nitrogen and oxygen atoms in total. The first-order chi connectivity index (χ1) is 1.41. The van der Waals surface area contributed by atoms with E-state index in [0.29, 0.717) is 0 Å². The third kappa shape index (κ3) is 67.6. The van der Waals surface area contributed by atoms with Crippen molar-refractivity contribution < 1.29 is 19.5 Å². The molecule has 0 bridgehead atoms. The van der Waals surface area contributed by atoms with Gasteiger partial charge in [-0.3, -0.25) is 0 Å². The van der Waals surface area contributed by atoms with Crippen LogP contribution in [0.4, 0.5) is 0 Å². The van der Waals surface area contributed by atoms with Crippen LogP contribution < -0.4 is 0 Å². The van der Waals surface area contributed by atoms with Gasteiger partial charge < -0.3 is 14.9 Å². The second-order valence-corrected chi connectivity index (χ2v) is 2.12. The van der Waals surface area contributed by atoms with Crippen LogP contribution in [-0.2, 0) is 19.5 Å². The molecule has 0 aliphatic rings. The first kappa shape index (κ1) is 27.3. The Balaban J connectivity index is -0.00000000667. The fraction of sp³-hybridized carbons (Fsp3) is 0.500. The summed E-state index contributed by atoms with van der Waals surface area (Å²) < 4.78 is 0. The van der Waals surface area contributed by atoms with E-state index >= 15 is 0 Å². The molecule has 0 aliphatic heterocycles. The van der Waals surface area contributed by atoms with Gasteiger partial charge in [0.05, 0.1) is 0 Å². The average Bonchev–Trinajstić information content (AvgIpc) is 0.918. The van der Waals surface area contributed by atoms with E-state index in [2.05, 4.69) is 11.6 Å². The van der Waals surface area contributed by atoms with Gasteiger partial charge in [0.15, 0.2) is 0 Å². The van der Waals surface area contributed by atoms with Gasteiger partial charge in [-0.25, -0.2) is 0 Å². The molecule has 0 spiro atoms. The van der Waals surface area contributed by atoms with Gasteiger partial charge in [0.25, 0.3) is 0 Å². The molecule has 0 aromatic heterocycles. The second kappa shape index (κ2) is 35.4. The Morgan fingerprint density at radius 1 is 1.00 bits per heavy atom. The summed E-state index contributed by atoms with van der Waals surface area (Å²) in [6.07, 6.45) is 0. The van der Waals surface area contributed by atoms with Gasteiger partial charge in [-0.1, -0.05) is 0 Å². The first-order valence-electron chi connectivity index (χ1n) is 0.816. The fourth-order valence-corrected chi connectivity index (χ4v) is 0. The molecule has 0 aromatic carbocycles. The van der Waals surface area contributed by atoms with Crippen molar-refractivity contribution in [3.8, 4) is 0 Å². The second-order valence-electron chi connectivity index (χ2n) is 0.408. The van der Waals surface area contributed by atoms with Gasteiger partial charge >= 0.3 is 46.1 Å². The zero-order valence-corrected chi connectivity index (χ0v) is 9.80. The van der Waals surface area contributed by atoms with Gasteiger partial charge in [0.2, 0.25) is 0 Å². The van der Waals surface area contributed by atoms with Crippen LogP contribution in [0.1, 0.15) is 0 Å². The Morgan fingerprint density at radius 2 is 1.00 bits per heavy atom. The van der Waals surface area contributed by atoms with Crippen molar-refractivity contribution >= 4 is 15.0 Å². The molecule has 0 saturated heterocycles. The molecule has 0 rings (SSSR count). The maximum atomic E-state index is 2.19. The summed E-state index contributed by atoms with van der Waals surface area (Å²) >= 11 is 0.875. The van der Waals surface area contributed by atoms with Crippen molar-refractivity contribution in [2.24, 2.45) is 0 Å². The Morgan fingerprint density at radius 3 is 1.00 bits per heavy atom. The van der Waals surface area contributed by atoms with Crippen molar-refractivity contribution in [3.05, 3.63) is 14.9 Å². The molecule has 0 radical (unpaired) electrons. The summed E-state index contributed by atoms with van der Waals surface area (Å²) in [7, 11) is 0. The van der Waals surface area contributed by atoms with Crippen LogP contribution in [0.25, 0.3) is 0 Å². The largest absolute Gasteiger partial charge is 2.00 e. The van der Waals surface area contributed by atoms with Crippen molar-refractivity contribution in [1.82, 2.24) is 0 Å². The minimum absolute atomic E-state index is 0. The van der Waals surface area contributed by atoms with Crippen LogP contribution in [0.5, 0.6) is 0 Å². The zero-order valence-electron chi connectivity index (χ0n) is 5.12. The maximum absolute atomic E-state index is 2.19. The topological polar surface area (TPSA) is 0 Å². The van der Waals surface area contributed by atoms with Crippen molar-refractivity contribution in [2.75, 3.05) is 0 Å². The minimum Gasteiger partial charge on any atom is -0.358 e. The van der Waals surface area contributed by atoms with Crippen LogP contribution in [-0.4, -0.2) is 15.0 Å². The van der Waals surface area contributed by atoms with Gasteiger partial charge in [-0.05, 0) is 0 Å². The third-order valence-electron chi connectivity index (χ3n) is 0. The van der Waals surface area contributed by atoms with E-state index in [9.17, 15) is 0 Å². The molecule has 36 valence electrons. The molecule has 0 saturated carbocycles. The van der Waals surface area contributed by atoms with E-state index < -0.39 is 0 Å². The third-order valence-corrected chi connectivity index (χ3v) is 0. The molecule has 6 heavy (non-hydrogen) atoms. The maximum Gasteiger partial charge on any atom is 2.00 e. The van der Waals surface area contributed by atoms with Crippen LogP contribution >= 0.6 is 0 Å². The summed E-state index contributed by atoms with van der Waals surface area (Å²) in [5.74, 6) is 4.38. The monoisotopic (exact) mass is 204 g/mol. The van der Waals surface area contributed by atoms with E-state index in [1.54, 1.807) is 0 Å². The van der Waals surface area contributed by atoms with Crippen LogP contribution in [0.2, 0.25) is 11.6 Å². The Hall–Kier alpha value is 1.14. The van der Waals surface area contributed by atoms with E-state index in [-0.39, 0.29) is 34.3 Å². The normalized spacial score (nSPS) is 3.00. The van der Waals surface area contributed by atoms with Gasteiger partial charge in [0, 0.05) is 0 Å². The van der Waals surface area contributed by atoms with E-state index in [1.807, 2.05) is 0 Å². The van der Waals surface area contributed by atoms with E-state index in [1.165, 1.54) is 0 Å². The molecule has 0 fully saturated rings. The van der Waals surface area contributed by atoms with Crippen LogP contribution in [0.15, 0.2) is 0 Å². The quantitative estimate of drug-likeness (QED) is 0.416.